The highest BCUT2D eigenvalue weighted by atomic mass is 35.5. The lowest BCUT2D eigenvalue weighted by molar-refractivity contribution is -0.144. The molecular weight excluding hydrogens is 472 g/mol. The van der Waals surface area contributed by atoms with Gasteiger partial charge in [-0.05, 0) is 12.1 Å². The van der Waals surface area contributed by atoms with Crippen LogP contribution in [0.5, 0.6) is 0 Å². The molecule has 0 saturated carbocycles. The van der Waals surface area contributed by atoms with E-state index in [1.165, 1.54) is 14.0 Å². The number of carbonyl (C=O) groups excluding carboxylic acids is 1. The molecule has 0 aliphatic rings. The largest absolute Gasteiger partial charge is 0.431 e. The Morgan fingerprint density at radius 3 is 2.32 bits per heavy atom. The normalized spacial score (nSPS) is 12.3. The number of nitrogens with zero attached hydrogens (tertiary/aromatic N) is 3. The van der Waals surface area contributed by atoms with Gasteiger partial charge in [0.2, 0.25) is 0 Å². The quantitative estimate of drug-likeness (QED) is 0.640. The second kappa shape index (κ2) is 8.43. The lowest BCUT2D eigenvalue weighted by atomic mass is 10.1. The number of hydrogen-bond donors (Lipinski definition) is 1. The molecule has 0 bridgehead atoms. The molecule has 1 amide bonds. The van der Waals surface area contributed by atoms with Crippen LogP contribution in [0.25, 0.3) is 5.69 Å². The highest BCUT2D eigenvalue weighted by molar-refractivity contribution is 7.87. The molecular formula is C16H15ClF4N4O5S. The minimum Gasteiger partial charge on any atom is -0.292 e. The second-order valence-corrected chi connectivity index (χ2v) is 8.36. The van der Waals surface area contributed by atoms with Crippen LogP contribution in [-0.2, 0) is 23.4 Å². The number of halogens is 5. The predicted octanol–water partition coefficient (Wildman–Crippen LogP) is 1.27. The molecule has 0 fully saturated rings. The van der Waals surface area contributed by atoms with Gasteiger partial charge in [-0.15, -0.1) is 0 Å². The second-order valence-electron chi connectivity index (χ2n) is 6.18. The molecule has 1 aromatic carbocycles. The summed E-state index contributed by atoms with van der Waals surface area (Å²) in [5, 5.41) is -0.565. The summed E-state index contributed by atoms with van der Waals surface area (Å²) in [6, 6.07) is 1.19. The van der Waals surface area contributed by atoms with Gasteiger partial charge in [-0.25, -0.2) is 18.5 Å². The third-order valence-electron chi connectivity index (χ3n) is 4.21. The van der Waals surface area contributed by atoms with E-state index in [-0.39, 0.29) is 21.7 Å². The van der Waals surface area contributed by atoms with E-state index < -0.39 is 61.3 Å². The SMILES string of the molecule is CCN(C)S(=O)(=O)NC(=O)c1cc(-n2c(=O)cc(C(F)(F)F)n(C)c2=O)c(F)cc1Cl. The van der Waals surface area contributed by atoms with Crippen LogP contribution in [0.15, 0.2) is 27.8 Å². The number of aromatic nitrogens is 2. The van der Waals surface area contributed by atoms with E-state index in [1.807, 2.05) is 0 Å². The summed E-state index contributed by atoms with van der Waals surface area (Å²) in [6.07, 6.45) is -5.03. The van der Waals surface area contributed by atoms with Crippen LogP contribution >= 0.6 is 11.6 Å². The van der Waals surface area contributed by atoms with Crippen molar-refractivity contribution in [3.05, 3.63) is 61.1 Å². The van der Waals surface area contributed by atoms with Gasteiger partial charge in [-0.1, -0.05) is 18.5 Å². The fourth-order valence-corrected chi connectivity index (χ4v) is 3.50. The molecule has 1 heterocycles. The van der Waals surface area contributed by atoms with Gasteiger partial charge in [-0.2, -0.15) is 25.9 Å². The molecule has 0 atom stereocenters. The average molecular weight is 487 g/mol. The molecule has 0 aliphatic heterocycles. The zero-order valence-electron chi connectivity index (χ0n) is 16.1. The van der Waals surface area contributed by atoms with E-state index in [4.69, 9.17) is 11.6 Å². The fourth-order valence-electron chi connectivity index (χ4n) is 2.42. The Hall–Kier alpha value is -2.71. The molecule has 0 aliphatic carbocycles. The van der Waals surface area contributed by atoms with Crippen LogP contribution in [0.2, 0.25) is 5.02 Å². The highest BCUT2D eigenvalue weighted by Crippen LogP contribution is 2.27. The number of benzene rings is 1. The van der Waals surface area contributed by atoms with Gasteiger partial charge >= 0.3 is 22.1 Å². The van der Waals surface area contributed by atoms with Crippen molar-refractivity contribution in [2.75, 3.05) is 13.6 Å². The van der Waals surface area contributed by atoms with Crippen molar-refractivity contribution in [3.63, 3.8) is 0 Å². The third kappa shape index (κ3) is 4.80. The topological polar surface area (TPSA) is 110 Å². The number of rotatable bonds is 5. The molecule has 0 spiro atoms. The van der Waals surface area contributed by atoms with Gasteiger partial charge in [-0.3, -0.25) is 14.2 Å². The van der Waals surface area contributed by atoms with Crippen LogP contribution in [0.4, 0.5) is 17.6 Å². The fraction of sp³-hybridized carbons (Fsp3) is 0.312. The molecule has 0 radical (unpaired) electrons. The Morgan fingerprint density at radius 2 is 1.81 bits per heavy atom. The maximum atomic E-state index is 14.5. The van der Waals surface area contributed by atoms with Crippen molar-refractivity contribution >= 4 is 27.7 Å². The van der Waals surface area contributed by atoms with Crippen LogP contribution in [0.3, 0.4) is 0 Å². The molecule has 170 valence electrons. The molecule has 15 heteroatoms. The Labute approximate surface area is 177 Å². The zero-order valence-corrected chi connectivity index (χ0v) is 17.7. The van der Waals surface area contributed by atoms with Gasteiger partial charge < -0.3 is 0 Å². The number of alkyl halides is 3. The molecule has 31 heavy (non-hydrogen) atoms. The third-order valence-corrected chi connectivity index (χ3v) is 6.04. The zero-order chi connectivity index (χ0) is 23.9. The minimum absolute atomic E-state index is 0.00199. The molecule has 9 nitrogen and oxygen atoms in total. The Morgan fingerprint density at radius 1 is 1.23 bits per heavy atom. The van der Waals surface area contributed by atoms with Crippen molar-refractivity contribution in [1.82, 2.24) is 18.2 Å². The van der Waals surface area contributed by atoms with Gasteiger partial charge in [0.1, 0.15) is 11.5 Å². The van der Waals surface area contributed by atoms with E-state index in [0.717, 1.165) is 11.4 Å². The summed E-state index contributed by atoms with van der Waals surface area (Å²) in [4.78, 5) is 36.9. The van der Waals surface area contributed by atoms with E-state index in [9.17, 15) is 40.4 Å². The summed E-state index contributed by atoms with van der Waals surface area (Å²) in [7, 11) is -2.40. The summed E-state index contributed by atoms with van der Waals surface area (Å²) >= 11 is 5.79. The van der Waals surface area contributed by atoms with E-state index in [1.54, 1.807) is 4.72 Å². The van der Waals surface area contributed by atoms with Gasteiger partial charge in [0.05, 0.1) is 16.3 Å². The molecule has 1 aromatic heterocycles. The summed E-state index contributed by atoms with van der Waals surface area (Å²) in [6.45, 7) is 1.49. The molecule has 0 saturated heterocycles. The first-order valence-corrected chi connectivity index (χ1v) is 10.1. The smallest absolute Gasteiger partial charge is 0.292 e. The molecule has 2 rings (SSSR count). The van der Waals surface area contributed by atoms with E-state index >= 15 is 0 Å². The van der Waals surface area contributed by atoms with Crippen molar-refractivity contribution in [2.24, 2.45) is 7.05 Å². The van der Waals surface area contributed by atoms with Crippen molar-refractivity contribution in [3.8, 4) is 5.69 Å². The number of nitrogens with one attached hydrogen (secondary N) is 1. The summed E-state index contributed by atoms with van der Waals surface area (Å²) in [5.41, 5.74) is -6.18. The monoisotopic (exact) mass is 486 g/mol. The van der Waals surface area contributed by atoms with Crippen molar-refractivity contribution in [1.29, 1.82) is 0 Å². The Bertz CT molecular complexity index is 1270. The first-order valence-electron chi connectivity index (χ1n) is 8.30. The van der Waals surface area contributed by atoms with Crippen LogP contribution in [0, 0.1) is 5.82 Å². The minimum atomic E-state index is -5.03. The average Bonchev–Trinajstić information content (AvgIpc) is 2.64. The predicted molar refractivity (Wildman–Crippen MR) is 102 cm³/mol. The van der Waals surface area contributed by atoms with Crippen LogP contribution in [0.1, 0.15) is 23.0 Å². The Kier molecular flexibility index (Phi) is 6.68. The highest BCUT2D eigenvalue weighted by Gasteiger charge is 2.35. The lowest BCUT2D eigenvalue weighted by Crippen LogP contribution is -2.42. The van der Waals surface area contributed by atoms with Crippen LogP contribution in [-0.4, -0.2) is 41.4 Å². The summed E-state index contributed by atoms with van der Waals surface area (Å²) < 4.78 is 80.0. The lowest BCUT2D eigenvalue weighted by Gasteiger charge is -2.17. The van der Waals surface area contributed by atoms with Crippen LogP contribution < -0.4 is 16.0 Å². The number of hydrogen-bond acceptors (Lipinski definition) is 5. The van der Waals surface area contributed by atoms with Crippen molar-refractivity contribution < 1.29 is 30.8 Å². The molecule has 0 unspecified atom stereocenters. The number of carbonyl (C=O) groups is 1. The first kappa shape index (κ1) is 24.6. The van der Waals surface area contributed by atoms with Gasteiger partial charge in [0.25, 0.3) is 11.5 Å². The first-order chi connectivity index (χ1) is 14.1. The van der Waals surface area contributed by atoms with E-state index in [0.29, 0.717) is 12.1 Å². The Balaban J connectivity index is 2.69. The number of amides is 1. The van der Waals surface area contributed by atoms with E-state index in [2.05, 4.69) is 0 Å². The molecule has 2 aromatic rings. The van der Waals surface area contributed by atoms with Gasteiger partial charge in [0.15, 0.2) is 0 Å². The maximum Gasteiger partial charge on any atom is 0.431 e. The van der Waals surface area contributed by atoms with Gasteiger partial charge in [0, 0.05) is 26.7 Å². The molecule has 1 N–H and O–H groups in total. The maximum absolute atomic E-state index is 14.5. The van der Waals surface area contributed by atoms with Crippen molar-refractivity contribution in [2.45, 2.75) is 13.1 Å². The standard InChI is InChI=1S/C16H15ClF4N4O5S/c1-4-23(2)31(29,30)22-14(27)8-5-11(10(18)6-9(8)17)25-13(26)7-12(16(19,20)21)24(3)15(25)28/h5-7H,4H2,1-3H3,(H,22,27). The summed E-state index contributed by atoms with van der Waals surface area (Å²) in [5.74, 6) is -2.63.